The molecule has 0 radical (unpaired) electrons. The third kappa shape index (κ3) is 4.12. The number of halogens is 1. The number of nitrogens with one attached hydrogen (secondary N) is 1. The molecule has 0 aliphatic rings. The molecule has 0 saturated heterocycles. The van der Waals surface area contributed by atoms with Gasteiger partial charge in [-0.2, -0.15) is 5.10 Å². The first-order valence-electron chi connectivity index (χ1n) is 8.90. The van der Waals surface area contributed by atoms with Crippen LogP contribution in [0.5, 0.6) is 0 Å². The van der Waals surface area contributed by atoms with Crippen molar-refractivity contribution in [2.24, 2.45) is 0 Å². The minimum atomic E-state index is -0.166. The summed E-state index contributed by atoms with van der Waals surface area (Å²) in [5, 5.41) is 8.88. The van der Waals surface area contributed by atoms with Crippen LogP contribution in [0.15, 0.2) is 42.7 Å². The zero-order valence-corrected chi connectivity index (χ0v) is 16.7. The molecule has 6 nitrogen and oxygen atoms in total. The Hall–Kier alpha value is -2.44. The van der Waals surface area contributed by atoms with E-state index in [-0.39, 0.29) is 18.0 Å². The summed E-state index contributed by atoms with van der Waals surface area (Å²) >= 11 is 6.33. The molecule has 3 rings (SSSR count). The van der Waals surface area contributed by atoms with E-state index in [4.69, 9.17) is 11.6 Å². The highest BCUT2D eigenvalue weighted by molar-refractivity contribution is 6.31. The van der Waals surface area contributed by atoms with Gasteiger partial charge in [-0.05, 0) is 45.6 Å². The lowest BCUT2D eigenvalue weighted by atomic mass is 10.1. The molecule has 2 heterocycles. The number of hydrogen-bond acceptors (Lipinski definition) is 4. The van der Waals surface area contributed by atoms with Gasteiger partial charge in [0.2, 0.25) is 0 Å². The van der Waals surface area contributed by atoms with E-state index in [0.29, 0.717) is 17.1 Å². The lowest BCUT2D eigenvalue weighted by Crippen LogP contribution is -2.34. The summed E-state index contributed by atoms with van der Waals surface area (Å²) in [5.74, 6) is -0.166. The van der Waals surface area contributed by atoms with E-state index < -0.39 is 0 Å². The average Bonchev–Trinajstić information content (AvgIpc) is 3.06. The van der Waals surface area contributed by atoms with Crippen molar-refractivity contribution in [1.29, 1.82) is 0 Å². The summed E-state index contributed by atoms with van der Waals surface area (Å²) in [7, 11) is 3.93. The Morgan fingerprint density at radius 1 is 1.26 bits per heavy atom. The van der Waals surface area contributed by atoms with Gasteiger partial charge in [0.05, 0.1) is 17.8 Å². The summed E-state index contributed by atoms with van der Waals surface area (Å²) in [6.07, 6.45) is 3.34. The quantitative estimate of drug-likeness (QED) is 0.702. The van der Waals surface area contributed by atoms with Crippen molar-refractivity contribution in [1.82, 2.24) is 25.0 Å². The molecule has 1 aromatic carbocycles. The zero-order chi connectivity index (χ0) is 19.6. The van der Waals surface area contributed by atoms with Crippen molar-refractivity contribution < 1.29 is 4.79 Å². The van der Waals surface area contributed by atoms with Gasteiger partial charge in [-0.3, -0.25) is 4.79 Å². The summed E-state index contributed by atoms with van der Waals surface area (Å²) in [5.41, 5.74) is 2.28. The number of fused-ring (bicyclic) bond motifs is 1. The molecular weight excluding hydrogens is 362 g/mol. The number of aromatic nitrogens is 3. The second-order valence-electron chi connectivity index (χ2n) is 7.03. The Morgan fingerprint density at radius 2 is 2.00 bits per heavy atom. The first kappa shape index (κ1) is 19.3. The van der Waals surface area contributed by atoms with Crippen LogP contribution >= 0.6 is 11.6 Å². The fourth-order valence-electron chi connectivity index (χ4n) is 3.05. The number of hydrogen-bond donors (Lipinski definition) is 1. The van der Waals surface area contributed by atoms with Gasteiger partial charge in [0.1, 0.15) is 0 Å². The molecule has 2 aromatic heterocycles. The molecule has 7 heteroatoms. The Bertz CT molecular complexity index is 950. The SMILES string of the molecule is CC(C)n1ncc2cc(C(=O)NCC(c3ccccc3Cl)N(C)C)cnc21. The number of rotatable bonds is 6. The van der Waals surface area contributed by atoms with Gasteiger partial charge in [-0.25, -0.2) is 9.67 Å². The third-order valence-electron chi connectivity index (χ3n) is 4.53. The van der Waals surface area contributed by atoms with Gasteiger partial charge in [0, 0.05) is 29.2 Å². The van der Waals surface area contributed by atoms with E-state index in [1.54, 1.807) is 12.4 Å². The van der Waals surface area contributed by atoms with Gasteiger partial charge in [0.25, 0.3) is 5.91 Å². The number of nitrogens with zero attached hydrogens (tertiary/aromatic N) is 4. The number of amides is 1. The van der Waals surface area contributed by atoms with E-state index in [0.717, 1.165) is 16.6 Å². The van der Waals surface area contributed by atoms with Gasteiger partial charge < -0.3 is 10.2 Å². The van der Waals surface area contributed by atoms with Crippen molar-refractivity contribution in [3.05, 3.63) is 58.9 Å². The largest absolute Gasteiger partial charge is 0.350 e. The molecule has 3 aromatic rings. The molecule has 0 spiro atoms. The van der Waals surface area contributed by atoms with Gasteiger partial charge >= 0.3 is 0 Å². The molecule has 0 fully saturated rings. The number of likely N-dealkylation sites (N-methyl/N-ethyl adjacent to an activating group) is 1. The molecule has 142 valence electrons. The van der Waals surface area contributed by atoms with Crippen LogP contribution in [0.3, 0.4) is 0 Å². The van der Waals surface area contributed by atoms with E-state index in [1.807, 2.05) is 67.9 Å². The third-order valence-corrected chi connectivity index (χ3v) is 4.87. The fraction of sp³-hybridized carbons (Fsp3) is 0.350. The van der Waals surface area contributed by atoms with Crippen LogP contribution < -0.4 is 5.32 Å². The molecule has 0 bridgehead atoms. The number of carbonyl (C=O) groups is 1. The maximum absolute atomic E-state index is 12.6. The molecule has 1 unspecified atom stereocenters. The Kier molecular flexibility index (Phi) is 5.77. The molecule has 1 N–H and O–H groups in total. The predicted molar refractivity (Wildman–Crippen MR) is 108 cm³/mol. The first-order chi connectivity index (χ1) is 12.9. The van der Waals surface area contributed by atoms with E-state index >= 15 is 0 Å². The van der Waals surface area contributed by atoms with Crippen LogP contribution in [-0.4, -0.2) is 46.2 Å². The van der Waals surface area contributed by atoms with E-state index in [9.17, 15) is 4.79 Å². The second kappa shape index (κ2) is 8.06. The van der Waals surface area contributed by atoms with Crippen LogP contribution in [0.1, 0.15) is 41.9 Å². The molecule has 1 atom stereocenters. The summed E-state index contributed by atoms with van der Waals surface area (Å²) in [4.78, 5) is 19.1. The van der Waals surface area contributed by atoms with E-state index in [2.05, 4.69) is 15.4 Å². The highest BCUT2D eigenvalue weighted by atomic mass is 35.5. The molecule has 0 aliphatic heterocycles. The van der Waals surface area contributed by atoms with Crippen LogP contribution in [0.25, 0.3) is 11.0 Å². The minimum absolute atomic E-state index is 0.0250. The Balaban J connectivity index is 1.76. The van der Waals surface area contributed by atoms with Gasteiger partial charge in [-0.15, -0.1) is 0 Å². The topological polar surface area (TPSA) is 63.1 Å². The minimum Gasteiger partial charge on any atom is -0.350 e. The van der Waals surface area contributed by atoms with E-state index in [1.165, 1.54) is 0 Å². The van der Waals surface area contributed by atoms with Crippen molar-refractivity contribution in [2.75, 3.05) is 20.6 Å². The molecule has 0 saturated carbocycles. The summed E-state index contributed by atoms with van der Waals surface area (Å²) in [6.45, 7) is 4.54. The summed E-state index contributed by atoms with van der Waals surface area (Å²) in [6, 6.07) is 9.70. The number of carbonyl (C=O) groups excluding carboxylic acids is 1. The first-order valence-corrected chi connectivity index (χ1v) is 9.28. The van der Waals surface area contributed by atoms with Crippen molar-refractivity contribution in [3.63, 3.8) is 0 Å². The molecule has 27 heavy (non-hydrogen) atoms. The van der Waals surface area contributed by atoms with Gasteiger partial charge in [-0.1, -0.05) is 29.8 Å². The Morgan fingerprint density at radius 3 is 2.67 bits per heavy atom. The fourth-order valence-corrected chi connectivity index (χ4v) is 3.31. The van der Waals surface area contributed by atoms with Crippen molar-refractivity contribution >= 4 is 28.5 Å². The highest BCUT2D eigenvalue weighted by Gasteiger charge is 2.19. The smallest absolute Gasteiger partial charge is 0.252 e. The van der Waals surface area contributed by atoms with Crippen molar-refractivity contribution in [3.8, 4) is 0 Å². The standard InChI is InChI=1S/C20H24ClN5O/c1-13(2)26-19-14(11-24-26)9-15(10-22-19)20(27)23-12-18(25(3)4)16-7-5-6-8-17(16)21/h5-11,13,18H,12H2,1-4H3,(H,23,27). The van der Waals surface area contributed by atoms with Crippen molar-refractivity contribution in [2.45, 2.75) is 25.9 Å². The molecule has 0 aliphatic carbocycles. The van der Waals surface area contributed by atoms with Crippen LogP contribution in [0.2, 0.25) is 5.02 Å². The van der Waals surface area contributed by atoms with Crippen LogP contribution in [0.4, 0.5) is 0 Å². The lowest BCUT2D eigenvalue weighted by molar-refractivity contribution is 0.0941. The maximum atomic E-state index is 12.6. The zero-order valence-electron chi connectivity index (χ0n) is 16.0. The second-order valence-corrected chi connectivity index (χ2v) is 7.44. The van der Waals surface area contributed by atoms with Crippen LogP contribution in [0, 0.1) is 0 Å². The molecular formula is C20H24ClN5O. The monoisotopic (exact) mass is 385 g/mol. The lowest BCUT2D eigenvalue weighted by Gasteiger charge is -2.26. The molecule has 1 amide bonds. The van der Waals surface area contributed by atoms with Crippen LogP contribution in [-0.2, 0) is 0 Å². The maximum Gasteiger partial charge on any atom is 0.252 e. The normalized spacial score (nSPS) is 12.7. The average molecular weight is 386 g/mol. The Labute approximate surface area is 164 Å². The van der Waals surface area contributed by atoms with Gasteiger partial charge in [0.15, 0.2) is 5.65 Å². The predicted octanol–water partition coefficient (Wildman–Crippen LogP) is 3.70. The highest BCUT2D eigenvalue weighted by Crippen LogP contribution is 2.25. The summed E-state index contributed by atoms with van der Waals surface area (Å²) < 4.78 is 1.84. The number of pyridine rings is 1. The number of benzene rings is 1.